The number of carboxylic acid groups (broad SMARTS) is 1. The zero-order valence-electron chi connectivity index (χ0n) is 10.7. The Morgan fingerprint density at radius 3 is 2.20 bits per heavy atom. The van der Waals surface area contributed by atoms with Crippen molar-refractivity contribution < 1.29 is 72.2 Å². The Bertz CT molecular complexity index is 230. The Balaban J connectivity index is -0.000000845. The molecule has 84 valence electrons. The van der Waals surface area contributed by atoms with E-state index in [9.17, 15) is 9.59 Å². The van der Waals surface area contributed by atoms with Crippen LogP contribution in [-0.4, -0.2) is 29.2 Å². The molecule has 0 saturated carbocycles. The van der Waals surface area contributed by atoms with Gasteiger partial charge in [0, 0.05) is 0 Å². The first-order valence-corrected chi connectivity index (χ1v) is 4.43. The molecule has 0 heterocycles. The van der Waals surface area contributed by atoms with Gasteiger partial charge in [-0.25, -0.2) is 0 Å². The number of aliphatic carboxylic acids is 1. The van der Waals surface area contributed by atoms with Crippen molar-refractivity contribution in [2.75, 3.05) is 6.54 Å². The summed E-state index contributed by atoms with van der Waals surface area (Å²) in [5.74, 6) is -3.07. The third-order valence-electron chi connectivity index (χ3n) is 1.44. The number of carboxylic acids is 1. The fraction of sp³-hybridized carbons (Fsp3) is 0.778. The first-order valence-electron chi connectivity index (χ1n) is 4.43. The zero-order chi connectivity index (χ0) is 11.4. The Morgan fingerprint density at radius 2 is 1.93 bits per heavy atom. The number of ether oxygens (including phenoxy) is 1. The van der Waals surface area contributed by atoms with Gasteiger partial charge >= 0.3 is 63.3 Å². The smallest absolute Gasteiger partial charge is 1.00 e. The van der Waals surface area contributed by atoms with Gasteiger partial charge in [0.15, 0.2) is 5.92 Å². The second-order valence-electron chi connectivity index (χ2n) is 4.00. The van der Waals surface area contributed by atoms with Gasteiger partial charge in [0.25, 0.3) is 0 Å². The number of carbonyl (C=O) groups is 2. The average molecular weight is 243 g/mol. The van der Waals surface area contributed by atoms with Gasteiger partial charge in [-0.3, -0.25) is 9.59 Å². The van der Waals surface area contributed by atoms with Gasteiger partial charge < -0.3 is 17.0 Å². The van der Waals surface area contributed by atoms with E-state index in [1.54, 1.807) is 20.8 Å². The van der Waals surface area contributed by atoms with E-state index in [-0.39, 0.29) is 65.8 Å². The molecule has 0 radical (unpaired) electrons. The number of nitrogens with two attached hydrogens (primary N) is 1. The summed E-state index contributed by atoms with van der Waals surface area (Å²) in [7, 11) is 0. The van der Waals surface area contributed by atoms with Crippen LogP contribution in [0.5, 0.6) is 0 Å². The van der Waals surface area contributed by atoms with Crippen LogP contribution in [-0.2, 0) is 14.3 Å². The number of esters is 1. The van der Waals surface area contributed by atoms with Crippen LogP contribution >= 0.6 is 0 Å². The third kappa shape index (κ3) is 8.35. The first kappa shape index (κ1) is 17.9. The molecule has 0 aromatic heterocycles. The van der Waals surface area contributed by atoms with E-state index in [1.165, 1.54) is 0 Å². The van der Waals surface area contributed by atoms with E-state index in [1.807, 2.05) is 0 Å². The minimum Gasteiger partial charge on any atom is -1.00 e. The second kappa shape index (κ2) is 7.75. The van der Waals surface area contributed by atoms with E-state index >= 15 is 0 Å². The molecule has 0 bridgehead atoms. The first-order chi connectivity index (χ1) is 6.28. The molecule has 0 rings (SSSR count). The number of hydrogen-bond acceptors (Lipinski definition) is 4. The van der Waals surface area contributed by atoms with E-state index in [4.69, 9.17) is 15.6 Å². The standard InChI is InChI=1S/C9H17NO4.K.H/c1-9(2,3)14-8(13)6(4-5-10)7(11)12;;/h6H,4-5,10H2,1-3H3,(H,11,12);;/q;+1;-1. The maximum atomic E-state index is 11.3. The van der Waals surface area contributed by atoms with Gasteiger partial charge in [0.2, 0.25) is 0 Å². The molecule has 15 heavy (non-hydrogen) atoms. The van der Waals surface area contributed by atoms with Crippen molar-refractivity contribution in [3.05, 3.63) is 0 Å². The van der Waals surface area contributed by atoms with Crippen LogP contribution < -0.4 is 57.1 Å². The molecule has 0 spiro atoms. The van der Waals surface area contributed by atoms with Gasteiger partial charge in [0.05, 0.1) is 0 Å². The molecule has 0 aliphatic heterocycles. The fourth-order valence-corrected chi connectivity index (χ4v) is 0.882. The van der Waals surface area contributed by atoms with Crippen LogP contribution in [0, 0.1) is 5.92 Å². The van der Waals surface area contributed by atoms with Crippen molar-refractivity contribution >= 4 is 11.9 Å². The number of hydrogen-bond donors (Lipinski definition) is 2. The summed E-state index contributed by atoms with van der Waals surface area (Å²) in [6.45, 7) is 5.21. The number of rotatable bonds is 4. The Labute approximate surface area is 134 Å². The summed E-state index contributed by atoms with van der Waals surface area (Å²) in [5, 5.41) is 8.72. The molecular formula is C9H18KNO4. The van der Waals surface area contributed by atoms with Gasteiger partial charge in [-0.2, -0.15) is 0 Å². The van der Waals surface area contributed by atoms with E-state index in [0.29, 0.717) is 0 Å². The van der Waals surface area contributed by atoms with Gasteiger partial charge in [0.1, 0.15) is 5.60 Å². The molecule has 6 heteroatoms. The van der Waals surface area contributed by atoms with E-state index in [2.05, 4.69) is 0 Å². The molecule has 1 atom stereocenters. The predicted octanol–water partition coefficient (Wildman–Crippen LogP) is -2.51. The van der Waals surface area contributed by atoms with Crippen molar-refractivity contribution in [2.45, 2.75) is 32.8 Å². The Morgan fingerprint density at radius 1 is 1.47 bits per heavy atom. The molecule has 5 nitrogen and oxygen atoms in total. The fourth-order valence-electron chi connectivity index (χ4n) is 0.882. The van der Waals surface area contributed by atoms with Gasteiger partial charge in [-0.05, 0) is 33.7 Å². The van der Waals surface area contributed by atoms with Crippen LogP contribution in [0.15, 0.2) is 0 Å². The average Bonchev–Trinajstić information content (AvgIpc) is 1.95. The minimum atomic E-state index is -1.19. The van der Waals surface area contributed by atoms with Crippen molar-refractivity contribution in [2.24, 2.45) is 11.7 Å². The molecule has 0 fully saturated rings. The topological polar surface area (TPSA) is 89.6 Å². The third-order valence-corrected chi connectivity index (χ3v) is 1.44. The molecular weight excluding hydrogens is 225 g/mol. The summed E-state index contributed by atoms with van der Waals surface area (Å²) in [4.78, 5) is 22.0. The van der Waals surface area contributed by atoms with E-state index in [0.717, 1.165) is 0 Å². The van der Waals surface area contributed by atoms with Crippen molar-refractivity contribution in [1.82, 2.24) is 0 Å². The molecule has 0 aromatic carbocycles. The summed E-state index contributed by atoms with van der Waals surface area (Å²) in [6.07, 6.45) is 0.101. The normalized spacial score (nSPS) is 12.5. The monoisotopic (exact) mass is 243 g/mol. The molecule has 0 saturated heterocycles. The zero-order valence-corrected chi connectivity index (χ0v) is 12.9. The van der Waals surface area contributed by atoms with Crippen LogP contribution in [0.3, 0.4) is 0 Å². The van der Waals surface area contributed by atoms with Crippen LogP contribution in [0.1, 0.15) is 28.6 Å². The Kier molecular flexibility index (Phi) is 9.26. The molecule has 3 N–H and O–H groups in total. The van der Waals surface area contributed by atoms with E-state index < -0.39 is 23.5 Å². The molecule has 1 unspecified atom stereocenters. The molecule has 0 aliphatic carbocycles. The molecule has 0 aromatic rings. The second-order valence-corrected chi connectivity index (χ2v) is 4.00. The van der Waals surface area contributed by atoms with Crippen molar-refractivity contribution in [3.63, 3.8) is 0 Å². The van der Waals surface area contributed by atoms with Gasteiger partial charge in [-0.15, -0.1) is 0 Å². The summed E-state index contributed by atoms with van der Waals surface area (Å²) in [5.41, 5.74) is 4.53. The summed E-state index contributed by atoms with van der Waals surface area (Å²) < 4.78 is 4.94. The van der Waals surface area contributed by atoms with Crippen LogP contribution in [0.2, 0.25) is 0 Å². The summed E-state index contributed by atoms with van der Waals surface area (Å²) >= 11 is 0. The maximum absolute atomic E-state index is 11.3. The summed E-state index contributed by atoms with van der Waals surface area (Å²) in [6, 6.07) is 0. The largest absolute Gasteiger partial charge is 1.00 e. The van der Waals surface area contributed by atoms with Gasteiger partial charge in [-0.1, -0.05) is 0 Å². The molecule has 0 amide bonds. The van der Waals surface area contributed by atoms with Crippen LogP contribution in [0.25, 0.3) is 0 Å². The van der Waals surface area contributed by atoms with Crippen LogP contribution in [0.4, 0.5) is 0 Å². The quantitative estimate of drug-likeness (QED) is 0.323. The predicted molar refractivity (Wildman–Crippen MR) is 51.8 cm³/mol. The van der Waals surface area contributed by atoms with Crippen molar-refractivity contribution in [1.29, 1.82) is 0 Å². The maximum Gasteiger partial charge on any atom is 1.00 e. The minimum absolute atomic E-state index is 0. The SMILES string of the molecule is CC(C)(C)OC(=O)C(CCN)C(=O)O.[H-].[K+]. The molecule has 0 aliphatic rings. The Hall–Kier alpha value is 0.536. The number of carbonyl (C=O) groups excluding carboxylic acids is 1. The van der Waals surface area contributed by atoms with Crippen molar-refractivity contribution in [3.8, 4) is 0 Å².